The standard InChI is InChI=1S/C24H28O6S/c1-13(2)28-17-8-7-15-14(3)11-18(25)29-19(15)16(17)12-31-21(27)24-10-9-23(6,20(26)30-24)22(24,4)5/h7-8,11,13H,9-10,12H2,1-6H3. The molecule has 166 valence electrons. The van der Waals surface area contributed by atoms with Gasteiger partial charge in [-0.15, -0.1) is 0 Å². The van der Waals surface area contributed by atoms with Gasteiger partial charge >= 0.3 is 11.6 Å². The van der Waals surface area contributed by atoms with Gasteiger partial charge in [0.25, 0.3) is 0 Å². The molecule has 2 unspecified atom stereocenters. The average Bonchev–Trinajstić information content (AvgIpc) is 2.96. The fraction of sp³-hybridized carbons (Fsp3) is 0.542. The Morgan fingerprint density at radius 1 is 1.19 bits per heavy atom. The third kappa shape index (κ3) is 3.04. The fourth-order valence-electron chi connectivity index (χ4n) is 4.88. The molecule has 2 atom stereocenters. The maximum absolute atomic E-state index is 13.5. The SMILES string of the molecule is Cc1cc(=O)oc2c(CSC(=O)C34CCC(C)(C(=O)O3)C4(C)C)c(OC(C)C)ccc12. The van der Waals surface area contributed by atoms with Crippen molar-refractivity contribution in [3.8, 4) is 5.75 Å². The molecule has 2 heterocycles. The summed E-state index contributed by atoms with van der Waals surface area (Å²) in [6.45, 7) is 11.4. The second-order valence-corrected chi connectivity index (χ2v) is 10.5. The quantitative estimate of drug-likeness (QED) is 0.485. The van der Waals surface area contributed by atoms with Crippen LogP contribution in [0.2, 0.25) is 0 Å². The van der Waals surface area contributed by atoms with E-state index in [1.165, 1.54) is 6.07 Å². The Bertz CT molecular complexity index is 1150. The Kier molecular flexibility index (Phi) is 5.04. The molecule has 1 aromatic carbocycles. The zero-order chi connectivity index (χ0) is 22.8. The third-order valence-electron chi connectivity index (χ3n) is 7.30. The summed E-state index contributed by atoms with van der Waals surface area (Å²) in [5.41, 5.74) is -0.941. The predicted molar refractivity (Wildman–Crippen MR) is 119 cm³/mol. The number of hydrogen-bond donors (Lipinski definition) is 0. The number of ether oxygens (including phenoxy) is 2. The molecule has 1 aliphatic carbocycles. The first kappa shape index (κ1) is 21.9. The number of thioether (sulfide) groups is 1. The molecule has 0 N–H and O–H groups in total. The van der Waals surface area contributed by atoms with E-state index in [9.17, 15) is 14.4 Å². The Morgan fingerprint density at radius 3 is 2.48 bits per heavy atom. The summed E-state index contributed by atoms with van der Waals surface area (Å²) < 4.78 is 17.2. The van der Waals surface area contributed by atoms with Crippen LogP contribution in [0.1, 0.15) is 58.6 Å². The van der Waals surface area contributed by atoms with Gasteiger partial charge in [0, 0.05) is 28.2 Å². The number of hydrogen-bond acceptors (Lipinski definition) is 7. The lowest BCUT2D eigenvalue weighted by Crippen LogP contribution is -2.46. The molecule has 0 spiro atoms. The molecular weight excluding hydrogens is 416 g/mol. The van der Waals surface area contributed by atoms with Crippen LogP contribution < -0.4 is 10.4 Å². The molecule has 1 saturated carbocycles. The van der Waals surface area contributed by atoms with E-state index in [2.05, 4.69) is 0 Å². The summed E-state index contributed by atoms with van der Waals surface area (Å²) in [6, 6.07) is 5.16. The van der Waals surface area contributed by atoms with Crippen molar-refractivity contribution in [3.05, 3.63) is 39.7 Å². The Labute approximate surface area is 185 Å². The first-order valence-corrected chi connectivity index (χ1v) is 11.6. The highest BCUT2D eigenvalue weighted by molar-refractivity contribution is 8.13. The van der Waals surface area contributed by atoms with Gasteiger partial charge in [-0.2, -0.15) is 0 Å². The molecule has 0 amide bonds. The molecule has 7 heteroatoms. The van der Waals surface area contributed by atoms with Crippen LogP contribution in [0.25, 0.3) is 11.0 Å². The number of esters is 1. The number of fused-ring (bicyclic) bond motifs is 3. The molecule has 1 aliphatic heterocycles. The second kappa shape index (κ2) is 7.12. The van der Waals surface area contributed by atoms with Crippen LogP contribution in [0, 0.1) is 17.8 Å². The number of carbonyl (C=O) groups excluding carboxylic acids is 2. The molecule has 4 rings (SSSR count). The summed E-state index contributed by atoms with van der Waals surface area (Å²) >= 11 is 1.09. The van der Waals surface area contributed by atoms with Crippen LogP contribution in [-0.2, 0) is 20.1 Å². The van der Waals surface area contributed by atoms with E-state index in [-0.39, 0.29) is 22.9 Å². The molecule has 6 nitrogen and oxygen atoms in total. The lowest BCUT2D eigenvalue weighted by atomic mass is 9.67. The summed E-state index contributed by atoms with van der Waals surface area (Å²) in [7, 11) is 0. The summed E-state index contributed by atoms with van der Waals surface area (Å²) in [4.78, 5) is 38.0. The molecule has 1 saturated heterocycles. The molecule has 2 aromatic rings. The molecule has 2 fully saturated rings. The summed E-state index contributed by atoms with van der Waals surface area (Å²) in [5, 5.41) is 0.632. The highest BCUT2D eigenvalue weighted by Crippen LogP contribution is 2.66. The maximum atomic E-state index is 13.5. The van der Waals surface area contributed by atoms with Crippen LogP contribution >= 0.6 is 11.8 Å². The molecule has 2 bridgehead atoms. The van der Waals surface area contributed by atoms with Crippen molar-refractivity contribution in [2.24, 2.45) is 10.8 Å². The number of rotatable bonds is 5. The van der Waals surface area contributed by atoms with E-state index in [0.717, 1.165) is 22.7 Å². The van der Waals surface area contributed by atoms with Gasteiger partial charge < -0.3 is 13.9 Å². The van der Waals surface area contributed by atoms with E-state index in [4.69, 9.17) is 13.9 Å². The second-order valence-electron chi connectivity index (χ2n) is 9.58. The highest BCUT2D eigenvalue weighted by Gasteiger charge is 2.75. The largest absolute Gasteiger partial charge is 0.491 e. The number of benzene rings is 1. The Balaban J connectivity index is 1.71. The fourth-order valence-corrected chi connectivity index (χ4v) is 6.06. The topological polar surface area (TPSA) is 82.8 Å². The van der Waals surface area contributed by atoms with E-state index < -0.39 is 22.1 Å². The van der Waals surface area contributed by atoms with Gasteiger partial charge in [-0.05, 0) is 58.2 Å². The lowest BCUT2D eigenvalue weighted by Gasteiger charge is -2.35. The molecular formula is C24H28O6S. The minimum Gasteiger partial charge on any atom is -0.491 e. The number of carbonyl (C=O) groups is 2. The smallest absolute Gasteiger partial charge is 0.336 e. The monoisotopic (exact) mass is 444 g/mol. The summed E-state index contributed by atoms with van der Waals surface area (Å²) in [5.74, 6) is 0.526. The minimum absolute atomic E-state index is 0.0858. The third-order valence-corrected chi connectivity index (χ3v) is 8.33. The van der Waals surface area contributed by atoms with Crippen LogP contribution in [0.5, 0.6) is 5.75 Å². The zero-order valence-electron chi connectivity index (χ0n) is 18.8. The van der Waals surface area contributed by atoms with Crippen LogP contribution in [0.15, 0.2) is 27.4 Å². The van der Waals surface area contributed by atoms with E-state index in [0.29, 0.717) is 29.7 Å². The van der Waals surface area contributed by atoms with Gasteiger partial charge in [0.05, 0.1) is 11.5 Å². The molecule has 2 aliphatic rings. The van der Waals surface area contributed by atoms with Crippen molar-refractivity contribution in [2.45, 2.75) is 71.8 Å². The predicted octanol–water partition coefficient (Wildman–Crippen LogP) is 4.77. The molecule has 31 heavy (non-hydrogen) atoms. The first-order chi connectivity index (χ1) is 14.4. The van der Waals surface area contributed by atoms with E-state index in [1.54, 1.807) is 0 Å². The van der Waals surface area contributed by atoms with Crippen molar-refractivity contribution in [1.82, 2.24) is 0 Å². The van der Waals surface area contributed by atoms with Gasteiger partial charge in [-0.1, -0.05) is 25.6 Å². The zero-order valence-corrected chi connectivity index (χ0v) is 19.6. The van der Waals surface area contributed by atoms with Gasteiger partial charge in [-0.3, -0.25) is 9.59 Å². The van der Waals surface area contributed by atoms with Crippen molar-refractivity contribution in [3.63, 3.8) is 0 Å². The maximum Gasteiger partial charge on any atom is 0.336 e. The lowest BCUT2D eigenvalue weighted by molar-refractivity contribution is -0.163. The van der Waals surface area contributed by atoms with Crippen molar-refractivity contribution >= 4 is 33.8 Å². The van der Waals surface area contributed by atoms with Gasteiger partial charge in [0.1, 0.15) is 11.3 Å². The van der Waals surface area contributed by atoms with E-state index in [1.807, 2.05) is 53.7 Å². The van der Waals surface area contributed by atoms with Crippen LogP contribution in [0.3, 0.4) is 0 Å². The minimum atomic E-state index is -1.14. The van der Waals surface area contributed by atoms with Crippen LogP contribution in [0.4, 0.5) is 0 Å². The average molecular weight is 445 g/mol. The van der Waals surface area contributed by atoms with E-state index >= 15 is 0 Å². The summed E-state index contributed by atoms with van der Waals surface area (Å²) in [6.07, 6.45) is 1.07. The first-order valence-electron chi connectivity index (χ1n) is 10.6. The van der Waals surface area contributed by atoms with Gasteiger partial charge in [0.2, 0.25) is 5.12 Å². The van der Waals surface area contributed by atoms with Gasteiger partial charge in [-0.25, -0.2) is 4.79 Å². The van der Waals surface area contributed by atoms with Gasteiger partial charge in [0.15, 0.2) is 5.60 Å². The molecule has 1 aromatic heterocycles. The Morgan fingerprint density at radius 2 is 1.90 bits per heavy atom. The molecule has 0 radical (unpaired) electrons. The van der Waals surface area contributed by atoms with Crippen LogP contribution in [-0.4, -0.2) is 22.8 Å². The number of aryl methyl sites for hydroxylation is 1. The normalized spacial score (nSPS) is 26.5. The highest BCUT2D eigenvalue weighted by atomic mass is 32.2. The van der Waals surface area contributed by atoms with Crippen molar-refractivity contribution in [2.75, 3.05) is 0 Å². The van der Waals surface area contributed by atoms with Crippen molar-refractivity contribution < 1.29 is 23.5 Å². The Hall–Kier alpha value is -2.28. The van der Waals surface area contributed by atoms with Crippen molar-refractivity contribution in [1.29, 1.82) is 0 Å².